The van der Waals surface area contributed by atoms with E-state index in [1.165, 1.54) is 28.0 Å². The number of carbonyl (C=O) groups excluding carboxylic acids is 6. The van der Waals surface area contributed by atoms with Crippen molar-refractivity contribution >= 4 is 80.6 Å². The number of thioether (sulfide) groups is 1. The molecule has 5 amide bonds. The first-order valence-electron chi connectivity index (χ1n) is 28.7. The lowest BCUT2D eigenvalue weighted by Gasteiger charge is -2.28. The van der Waals surface area contributed by atoms with Crippen LogP contribution >= 0.6 is 23.1 Å². The summed E-state index contributed by atoms with van der Waals surface area (Å²) in [6, 6.07) is 41.1. The van der Waals surface area contributed by atoms with Gasteiger partial charge in [0, 0.05) is 25.8 Å². The van der Waals surface area contributed by atoms with Crippen LogP contribution in [0.1, 0.15) is 115 Å². The lowest BCUT2D eigenvalue weighted by atomic mass is 9.96. The first kappa shape index (κ1) is 63.1. The fraction of sp³-hybridized carbons (Fsp3) is 0.349. The van der Waals surface area contributed by atoms with Gasteiger partial charge in [0.2, 0.25) is 28.8 Å². The quantitative estimate of drug-likeness (QED) is 0.0154. The molecule has 1 aliphatic heterocycles. The van der Waals surface area contributed by atoms with Crippen LogP contribution in [0.5, 0.6) is 0 Å². The van der Waals surface area contributed by atoms with Gasteiger partial charge < -0.3 is 30.7 Å². The van der Waals surface area contributed by atoms with Gasteiger partial charge in [-0.1, -0.05) is 139 Å². The van der Waals surface area contributed by atoms with E-state index in [1.807, 2.05) is 142 Å². The first-order valence-corrected chi connectivity index (χ1v) is 30.4. The Kier molecular flexibility index (Phi) is 23.7. The van der Waals surface area contributed by atoms with Gasteiger partial charge in [-0.15, -0.1) is 20.4 Å². The molecular formula is C63H71N13O8S2. The number of amides is 5. The van der Waals surface area contributed by atoms with Crippen LogP contribution in [0.2, 0.25) is 0 Å². The highest BCUT2D eigenvalue weighted by Crippen LogP contribution is 2.27. The molecule has 23 heteroatoms. The molecular weight excluding hydrogens is 1130 g/mol. The molecule has 448 valence electrons. The lowest BCUT2D eigenvalue weighted by Crippen LogP contribution is -2.46. The third-order valence-electron chi connectivity index (χ3n) is 13.4. The van der Waals surface area contributed by atoms with Gasteiger partial charge in [-0.3, -0.25) is 34.3 Å². The summed E-state index contributed by atoms with van der Waals surface area (Å²) in [6.07, 6.45) is 7.36. The maximum atomic E-state index is 14.0. The number of esters is 1. The number of alkyl carbamates (subject to hydrolysis) is 1. The summed E-state index contributed by atoms with van der Waals surface area (Å²) in [5, 5.41) is 43.1. The minimum Gasteiger partial charge on any atom is -0.444 e. The van der Waals surface area contributed by atoms with Crippen molar-refractivity contribution in [2.24, 2.45) is 5.10 Å². The maximum Gasteiger partial charge on any atom is 0.407 e. The number of anilines is 3. The molecule has 1 aliphatic rings. The fourth-order valence-electron chi connectivity index (χ4n) is 9.11. The molecule has 5 N–H and O–H groups in total. The van der Waals surface area contributed by atoms with Gasteiger partial charge in [0.15, 0.2) is 23.9 Å². The molecule has 1 unspecified atom stereocenters. The second-order valence-corrected chi connectivity index (χ2v) is 23.5. The molecule has 0 aliphatic carbocycles. The van der Waals surface area contributed by atoms with Crippen molar-refractivity contribution < 1.29 is 38.2 Å². The highest BCUT2D eigenvalue weighted by molar-refractivity contribution is 8.14. The molecule has 8 rings (SSSR count). The van der Waals surface area contributed by atoms with E-state index in [0.29, 0.717) is 48.9 Å². The molecule has 1 atom stereocenters. The number of aromatic nitrogens is 6. The van der Waals surface area contributed by atoms with E-state index in [0.717, 1.165) is 86.9 Å². The Bertz CT molecular complexity index is 3390. The van der Waals surface area contributed by atoms with Gasteiger partial charge in [0.1, 0.15) is 10.6 Å². The number of unbranched alkanes of at least 4 members (excludes halogenated alkanes) is 2. The highest BCUT2D eigenvalue weighted by atomic mass is 32.2. The molecule has 0 spiro atoms. The third-order valence-corrected chi connectivity index (χ3v) is 15.4. The van der Waals surface area contributed by atoms with Gasteiger partial charge in [-0.25, -0.2) is 4.79 Å². The zero-order valence-corrected chi connectivity index (χ0v) is 50.1. The number of aryl methyl sites for hydroxylation is 3. The Morgan fingerprint density at radius 2 is 1.14 bits per heavy atom. The highest BCUT2D eigenvalue weighted by Gasteiger charge is 2.31. The number of carbonyl (C=O) groups is 6. The lowest BCUT2D eigenvalue weighted by molar-refractivity contribution is -0.153. The molecule has 0 radical (unpaired) electrons. The van der Waals surface area contributed by atoms with Crippen LogP contribution in [0.15, 0.2) is 139 Å². The summed E-state index contributed by atoms with van der Waals surface area (Å²) >= 11 is 2.75. The Morgan fingerprint density at radius 1 is 0.581 bits per heavy atom. The second kappa shape index (κ2) is 32.4. The molecule has 4 aromatic carbocycles. The summed E-state index contributed by atoms with van der Waals surface area (Å²) in [5.41, 5.74) is 8.24. The standard InChI is InChI=1S/C63H71N13O8S2/c1-4-16-59(81)83-42-76(61-75-73-57(86-61)26-14-12-24-50-32-34-52(71-69-50)66-54(78)37-44-19-9-6-10-20-44)58(80)39-47-21-15-22-48(35-47)40-63(2,3)84-62(82)64-41-46-29-27-45(28-30-46)38-55(79)67-60-74-72-56(85-60)25-13-11-23-49-31-33-51(70-68-49)65-53(77)36-43-17-7-5-8-18-43/h5-10,15,17-22,27-35,61,75H,4,11-14,16,23-26,36-42H2,1-3H3,(H,64,82)(H,65,70,77)(H,66,71,78)(H,67,74,79). The van der Waals surface area contributed by atoms with Crippen molar-refractivity contribution in [2.45, 2.75) is 135 Å². The van der Waals surface area contributed by atoms with Gasteiger partial charge in [0.25, 0.3) is 0 Å². The molecule has 0 saturated heterocycles. The van der Waals surface area contributed by atoms with E-state index >= 15 is 0 Å². The van der Waals surface area contributed by atoms with Crippen LogP contribution in [0.25, 0.3) is 0 Å². The van der Waals surface area contributed by atoms with E-state index in [9.17, 15) is 28.8 Å². The molecule has 0 saturated carbocycles. The van der Waals surface area contributed by atoms with Crippen molar-refractivity contribution in [2.75, 3.05) is 22.7 Å². The van der Waals surface area contributed by atoms with E-state index in [-0.39, 0.29) is 69.0 Å². The zero-order valence-electron chi connectivity index (χ0n) is 48.5. The van der Waals surface area contributed by atoms with Gasteiger partial charge in [-0.2, -0.15) is 15.3 Å². The van der Waals surface area contributed by atoms with E-state index < -0.39 is 23.2 Å². The molecule has 3 aromatic heterocycles. The molecule has 7 aromatic rings. The topological polar surface area (TPSA) is 274 Å². The molecule has 0 bridgehead atoms. The largest absolute Gasteiger partial charge is 0.444 e. The summed E-state index contributed by atoms with van der Waals surface area (Å²) in [5.74, 6) is -0.391. The molecule has 0 fully saturated rings. The van der Waals surface area contributed by atoms with Crippen LogP contribution in [-0.4, -0.2) is 94.1 Å². The molecule has 4 heterocycles. The third kappa shape index (κ3) is 21.6. The Hall–Kier alpha value is -8.96. The monoisotopic (exact) mass is 1200 g/mol. The second-order valence-electron chi connectivity index (χ2n) is 21.2. The van der Waals surface area contributed by atoms with Crippen molar-refractivity contribution in [1.82, 2.24) is 46.2 Å². The Balaban J connectivity index is 0.711. The van der Waals surface area contributed by atoms with Gasteiger partial charge in [0.05, 0.1) is 42.1 Å². The van der Waals surface area contributed by atoms with Crippen LogP contribution in [0, 0.1) is 0 Å². The first-order chi connectivity index (χ1) is 41.7. The minimum atomic E-state index is -0.912. The van der Waals surface area contributed by atoms with E-state index in [2.05, 4.69) is 62.4 Å². The van der Waals surface area contributed by atoms with E-state index in [1.54, 1.807) is 12.1 Å². The normalized spacial score (nSPS) is 12.7. The Morgan fingerprint density at radius 3 is 1.74 bits per heavy atom. The number of hydrazone groups is 1. The van der Waals surface area contributed by atoms with Crippen LogP contribution in [0.3, 0.4) is 0 Å². The number of nitrogens with zero attached hydrogens (tertiary/aromatic N) is 8. The molecule has 21 nitrogen and oxygen atoms in total. The van der Waals surface area contributed by atoms with E-state index in [4.69, 9.17) is 9.47 Å². The summed E-state index contributed by atoms with van der Waals surface area (Å²) in [4.78, 5) is 78.8. The smallest absolute Gasteiger partial charge is 0.407 e. The van der Waals surface area contributed by atoms with Gasteiger partial charge in [-0.05, 0) is 123 Å². The zero-order chi connectivity index (χ0) is 60.5. The summed E-state index contributed by atoms with van der Waals surface area (Å²) < 4.78 is 11.4. The SMILES string of the molecule is CCCC(=O)OCN(C(=O)Cc1cccc(CC(C)(C)OC(=O)NCc2ccc(CC(=O)Nc3nnc(CCCCc4ccc(NC(=O)Cc5ccccc5)nn4)s3)cc2)c1)C1NN=C(CCCCc2ccc(NC(=O)Cc3ccccc3)nn2)S1. The number of ether oxygens (including phenoxy) is 2. The maximum absolute atomic E-state index is 14.0. The summed E-state index contributed by atoms with van der Waals surface area (Å²) in [7, 11) is 0. The minimum absolute atomic E-state index is 0.0252. The van der Waals surface area contributed by atoms with Crippen molar-refractivity contribution in [3.8, 4) is 0 Å². The van der Waals surface area contributed by atoms with Crippen molar-refractivity contribution in [3.63, 3.8) is 0 Å². The number of rotatable bonds is 31. The van der Waals surface area contributed by atoms with Crippen molar-refractivity contribution in [1.29, 1.82) is 0 Å². The summed E-state index contributed by atoms with van der Waals surface area (Å²) in [6.45, 7) is 5.49. The average Bonchev–Trinajstić information content (AvgIpc) is 4.06. The van der Waals surface area contributed by atoms with Crippen molar-refractivity contribution in [3.05, 3.63) is 183 Å². The number of hydrogen-bond acceptors (Lipinski definition) is 18. The van der Waals surface area contributed by atoms with Crippen LogP contribution in [0.4, 0.5) is 21.6 Å². The Labute approximate surface area is 508 Å². The average molecular weight is 1200 g/mol. The fourth-order valence-corrected chi connectivity index (χ4v) is 10.9. The predicted molar refractivity (Wildman–Crippen MR) is 330 cm³/mol. The van der Waals surface area contributed by atoms with Gasteiger partial charge >= 0.3 is 12.1 Å². The predicted octanol–water partition coefficient (Wildman–Crippen LogP) is 9.49. The number of nitrogens with one attached hydrogen (secondary N) is 5. The molecule has 86 heavy (non-hydrogen) atoms. The van der Waals surface area contributed by atoms with Crippen LogP contribution in [-0.2, 0) is 91.4 Å². The number of hydrogen-bond donors (Lipinski definition) is 5. The van der Waals surface area contributed by atoms with Crippen LogP contribution < -0.4 is 26.7 Å². The number of benzene rings is 4.